The van der Waals surface area contributed by atoms with E-state index in [1.165, 1.54) is 36.6 Å². The molecule has 35 heavy (non-hydrogen) atoms. The fourth-order valence-corrected chi connectivity index (χ4v) is 6.77. The Labute approximate surface area is 208 Å². The zero-order valence-electron chi connectivity index (χ0n) is 19.8. The molecule has 0 saturated heterocycles. The molecule has 0 spiro atoms. The number of carbonyl (C=O) groups excluding carboxylic acids is 1. The molecule has 3 fully saturated rings. The molecule has 2 N–H and O–H groups in total. The number of rotatable bonds is 5. The van der Waals surface area contributed by atoms with Crippen LogP contribution in [0.15, 0.2) is 30.7 Å². The molecule has 7 nitrogen and oxygen atoms in total. The number of anilines is 1. The van der Waals surface area contributed by atoms with Crippen LogP contribution in [-0.2, 0) is 19.7 Å². The first-order valence-electron chi connectivity index (χ1n) is 12.3. The zero-order valence-corrected chi connectivity index (χ0v) is 20.6. The summed E-state index contributed by atoms with van der Waals surface area (Å²) in [6.45, 7) is 0. The molecule has 184 valence electrons. The third kappa shape index (κ3) is 3.87. The number of carbonyl (C=O) groups is 1. The normalized spacial score (nSPS) is 27.9. The second kappa shape index (κ2) is 8.17. The number of benzene rings is 1. The van der Waals surface area contributed by atoms with Crippen molar-refractivity contribution in [3.8, 4) is 0 Å². The van der Waals surface area contributed by atoms with Crippen molar-refractivity contribution in [2.24, 2.45) is 25.9 Å². The Balaban J connectivity index is 1.20. The number of hydrogen-bond acceptors (Lipinski definition) is 4. The summed E-state index contributed by atoms with van der Waals surface area (Å²) in [7, 11) is 3.74. The molecule has 3 aromatic rings. The molecule has 1 amide bonds. The van der Waals surface area contributed by atoms with Crippen LogP contribution in [0.3, 0.4) is 0 Å². The third-order valence-electron chi connectivity index (χ3n) is 8.21. The van der Waals surface area contributed by atoms with Crippen molar-refractivity contribution in [2.75, 3.05) is 5.32 Å². The fraction of sp³-hybridized carbons (Fsp3) is 0.500. The van der Waals surface area contributed by atoms with Gasteiger partial charge in [0, 0.05) is 25.7 Å². The average Bonchev–Trinajstić information content (AvgIpc) is 3.11. The maximum atomic E-state index is 13.5. The molecular weight excluding hydrogens is 469 g/mol. The molecule has 3 aliphatic rings. The smallest absolute Gasteiger partial charge is 0.274 e. The quantitative estimate of drug-likeness (QED) is 0.527. The number of nitrogens with one attached hydrogen (secondary N) is 1. The molecule has 0 radical (unpaired) electrons. The van der Waals surface area contributed by atoms with Crippen molar-refractivity contribution >= 4 is 23.2 Å². The fourth-order valence-electron chi connectivity index (χ4n) is 6.58. The SMILES string of the molecule is Cn1cnc(C2CC3CC(O)(c4c(C5CC5)cnn4C)CC3C2)c1C(=O)Nc1ccc(F)c(Cl)c1. The number of aliphatic hydroxyl groups is 1. The molecule has 2 aromatic heterocycles. The number of hydrogen-bond donors (Lipinski definition) is 2. The van der Waals surface area contributed by atoms with E-state index >= 15 is 0 Å². The van der Waals surface area contributed by atoms with Crippen molar-refractivity contribution in [3.63, 3.8) is 0 Å². The van der Waals surface area contributed by atoms with Gasteiger partial charge in [0.15, 0.2) is 0 Å². The highest BCUT2D eigenvalue weighted by Crippen LogP contribution is 2.58. The Hall–Kier alpha value is -2.71. The van der Waals surface area contributed by atoms with E-state index in [-0.39, 0.29) is 16.8 Å². The van der Waals surface area contributed by atoms with Crippen molar-refractivity contribution in [1.82, 2.24) is 19.3 Å². The molecule has 2 heterocycles. The lowest BCUT2D eigenvalue weighted by atomic mass is 9.87. The van der Waals surface area contributed by atoms with Crippen molar-refractivity contribution < 1.29 is 14.3 Å². The summed E-state index contributed by atoms with van der Waals surface area (Å²) in [6.07, 6.45) is 9.19. The molecule has 3 saturated carbocycles. The highest BCUT2D eigenvalue weighted by molar-refractivity contribution is 6.31. The van der Waals surface area contributed by atoms with Gasteiger partial charge in [0.25, 0.3) is 5.91 Å². The summed E-state index contributed by atoms with van der Waals surface area (Å²) in [5.74, 6) is 0.629. The van der Waals surface area contributed by atoms with E-state index < -0.39 is 11.4 Å². The van der Waals surface area contributed by atoms with E-state index in [0.29, 0.717) is 29.1 Å². The number of nitrogens with zero attached hydrogens (tertiary/aromatic N) is 4. The summed E-state index contributed by atoms with van der Waals surface area (Å²) >= 11 is 5.87. The van der Waals surface area contributed by atoms with Gasteiger partial charge in [-0.25, -0.2) is 9.37 Å². The lowest BCUT2D eigenvalue weighted by Gasteiger charge is -2.26. The first kappa shape index (κ1) is 22.7. The second-order valence-electron chi connectivity index (χ2n) is 10.6. The van der Waals surface area contributed by atoms with Crippen LogP contribution in [0.25, 0.3) is 0 Å². The number of aromatic nitrogens is 4. The molecule has 0 bridgehead atoms. The molecule has 0 aliphatic heterocycles. The van der Waals surface area contributed by atoms with Crippen LogP contribution in [0.1, 0.15) is 77.8 Å². The first-order chi connectivity index (χ1) is 16.7. The van der Waals surface area contributed by atoms with Crippen LogP contribution >= 0.6 is 11.6 Å². The molecular formula is C26H29ClFN5O2. The van der Waals surface area contributed by atoms with Gasteiger partial charge in [-0.05, 0) is 80.0 Å². The summed E-state index contributed by atoms with van der Waals surface area (Å²) < 4.78 is 17.1. The zero-order chi connectivity index (χ0) is 24.5. The van der Waals surface area contributed by atoms with Gasteiger partial charge in [-0.3, -0.25) is 9.48 Å². The van der Waals surface area contributed by atoms with Gasteiger partial charge in [-0.15, -0.1) is 0 Å². The van der Waals surface area contributed by atoms with Crippen molar-refractivity contribution in [1.29, 1.82) is 0 Å². The molecule has 3 aliphatic carbocycles. The molecule has 2 atom stereocenters. The summed E-state index contributed by atoms with van der Waals surface area (Å²) in [5.41, 5.74) is 3.11. The standard InChI is InChI=1S/C26H29ClFN5O2/c1-32-13-29-22(23(32)25(34)31-18-5-6-21(28)20(27)9-18)15-7-16-10-26(35,11-17(16)8-15)24-19(14-3-4-14)12-30-33(24)2/h5-6,9,12-17,35H,3-4,7-8,10-11H2,1-2H3,(H,31,34). The van der Waals surface area contributed by atoms with Crippen molar-refractivity contribution in [3.05, 3.63) is 64.2 Å². The highest BCUT2D eigenvalue weighted by Gasteiger charge is 2.53. The predicted octanol–water partition coefficient (Wildman–Crippen LogP) is 4.87. The number of amides is 1. The van der Waals surface area contributed by atoms with Crippen LogP contribution in [-0.4, -0.2) is 30.3 Å². The van der Waals surface area contributed by atoms with Gasteiger partial charge >= 0.3 is 0 Å². The first-order valence-corrected chi connectivity index (χ1v) is 12.6. The number of imidazole rings is 1. The van der Waals surface area contributed by atoms with Crippen LogP contribution in [0.4, 0.5) is 10.1 Å². The highest BCUT2D eigenvalue weighted by atomic mass is 35.5. The lowest BCUT2D eigenvalue weighted by Crippen LogP contribution is -2.28. The largest absolute Gasteiger partial charge is 0.384 e. The van der Waals surface area contributed by atoms with E-state index in [2.05, 4.69) is 15.4 Å². The lowest BCUT2D eigenvalue weighted by molar-refractivity contribution is 0.0254. The molecule has 2 unspecified atom stereocenters. The Morgan fingerprint density at radius 3 is 2.57 bits per heavy atom. The van der Waals surface area contributed by atoms with E-state index in [1.807, 2.05) is 17.9 Å². The van der Waals surface area contributed by atoms with Crippen molar-refractivity contribution in [2.45, 2.75) is 56.0 Å². The minimum atomic E-state index is -0.838. The summed E-state index contributed by atoms with van der Waals surface area (Å²) in [5, 5.41) is 19.0. The van der Waals surface area contributed by atoms with Gasteiger partial charge in [0.2, 0.25) is 0 Å². The maximum absolute atomic E-state index is 13.5. The monoisotopic (exact) mass is 497 g/mol. The Morgan fingerprint density at radius 2 is 1.91 bits per heavy atom. The topological polar surface area (TPSA) is 85.0 Å². The van der Waals surface area contributed by atoms with E-state index in [0.717, 1.165) is 37.1 Å². The van der Waals surface area contributed by atoms with Gasteiger partial charge in [-0.2, -0.15) is 5.10 Å². The van der Waals surface area contributed by atoms with Gasteiger partial charge in [0.05, 0.1) is 28.9 Å². The third-order valence-corrected chi connectivity index (χ3v) is 8.50. The van der Waals surface area contributed by atoms with Gasteiger partial charge in [-0.1, -0.05) is 11.6 Å². The van der Waals surface area contributed by atoms with Gasteiger partial charge in [0.1, 0.15) is 17.1 Å². The van der Waals surface area contributed by atoms with Gasteiger partial charge < -0.3 is 15.0 Å². The molecule has 9 heteroatoms. The second-order valence-corrected chi connectivity index (χ2v) is 11.1. The average molecular weight is 498 g/mol. The van der Waals surface area contributed by atoms with E-state index in [1.54, 1.807) is 17.9 Å². The number of halogens is 2. The van der Waals surface area contributed by atoms with E-state index in [4.69, 9.17) is 11.6 Å². The minimum Gasteiger partial charge on any atom is -0.384 e. The van der Waals surface area contributed by atoms with Crippen LogP contribution in [0.2, 0.25) is 5.02 Å². The van der Waals surface area contributed by atoms with Crippen LogP contribution in [0, 0.1) is 17.7 Å². The Bertz CT molecular complexity index is 1300. The van der Waals surface area contributed by atoms with E-state index in [9.17, 15) is 14.3 Å². The predicted molar refractivity (Wildman–Crippen MR) is 130 cm³/mol. The summed E-state index contributed by atoms with van der Waals surface area (Å²) in [6, 6.07) is 4.13. The van der Waals surface area contributed by atoms with Crippen LogP contribution in [0.5, 0.6) is 0 Å². The maximum Gasteiger partial charge on any atom is 0.274 e. The minimum absolute atomic E-state index is 0.0394. The molecule has 6 rings (SSSR count). The number of fused-ring (bicyclic) bond motifs is 1. The number of aryl methyl sites for hydroxylation is 2. The Morgan fingerprint density at radius 1 is 1.20 bits per heavy atom. The van der Waals surface area contributed by atoms with Crippen LogP contribution < -0.4 is 5.32 Å². The Kier molecular flexibility index (Phi) is 5.30. The molecule has 1 aromatic carbocycles. The summed E-state index contributed by atoms with van der Waals surface area (Å²) in [4.78, 5) is 17.8.